The fourth-order valence-corrected chi connectivity index (χ4v) is 1.61. The molecule has 0 aromatic heterocycles. The van der Waals surface area contributed by atoms with E-state index in [1.165, 1.54) is 7.11 Å². The van der Waals surface area contributed by atoms with Crippen molar-refractivity contribution in [2.75, 3.05) is 40.0 Å². The molecule has 0 unspecified atom stereocenters. The lowest BCUT2D eigenvalue weighted by Gasteiger charge is -2.20. The molecule has 0 aliphatic heterocycles. The fourth-order valence-electron chi connectivity index (χ4n) is 1.61. The Hall–Kier alpha value is -1.18. The summed E-state index contributed by atoms with van der Waals surface area (Å²) >= 11 is 0. The van der Waals surface area contributed by atoms with E-state index in [1.54, 1.807) is 11.8 Å². The molecule has 0 aromatic carbocycles. The number of nitrogens with one attached hydrogen (secondary N) is 1. The predicted octanol–water partition coefficient (Wildman–Crippen LogP) is -1.27. The molecule has 3 N–H and O–H groups in total. The molecule has 0 fully saturated rings. The highest BCUT2D eigenvalue weighted by atomic mass is 16.5. The van der Waals surface area contributed by atoms with E-state index < -0.39 is 12.0 Å². The molecule has 0 bridgehead atoms. The van der Waals surface area contributed by atoms with Crippen LogP contribution in [0.15, 0.2) is 0 Å². The van der Waals surface area contributed by atoms with Gasteiger partial charge >= 0.3 is 5.97 Å². The summed E-state index contributed by atoms with van der Waals surface area (Å²) in [4.78, 5) is 24.8. The van der Waals surface area contributed by atoms with Gasteiger partial charge < -0.3 is 20.3 Å². The van der Waals surface area contributed by atoms with Crippen molar-refractivity contribution in [1.29, 1.82) is 0 Å². The Morgan fingerprint density at radius 1 is 1.21 bits per heavy atom. The molecule has 0 rings (SSSR count). The number of ether oxygens (including phenoxy) is 1. The van der Waals surface area contributed by atoms with E-state index >= 15 is 0 Å². The van der Waals surface area contributed by atoms with Gasteiger partial charge in [-0.25, -0.2) is 4.79 Å². The highest BCUT2D eigenvalue weighted by Gasteiger charge is 2.19. The third-order valence-corrected chi connectivity index (χ3v) is 2.72. The number of aliphatic hydroxyl groups excluding tert-OH is 2. The quantitative estimate of drug-likeness (QED) is 0.430. The van der Waals surface area contributed by atoms with E-state index in [0.29, 0.717) is 26.1 Å². The van der Waals surface area contributed by atoms with Crippen molar-refractivity contribution < 1.29 is 24.5 Å². The highest BCUT2D eigenvalue weighted by Crippen LogP contribution is 1.97. The van der Waals surface area contributed by atoms with Gasteiger partial charge in [0.15, 0.2) is 0 Å². The summed E-state index contributed by atoms with van der Waals surface area (Å²) in [7, 11) is 1.28. The molecule has 1 atom stereocenters. The van der Waals surface area contributed by atoms with Crippen molar-refractivity contribution in [3.8, 4) is 0 Å². The number of hydrogen-bond donors (Lipinski definition) is 3. The molecule has 0 saturated heterocycles. The second-order valence-electron chi connectivity index (χ2n) is 4.09. The van der Waals surface area contributed by atoms with E-state index in [9.17, 15) is 9.59 Å². The zero-order chi connectivity index (χ0) is 14.7. The van der Waals surface area contributed by atoms with E-state index in [4.69, 9.17) is 10.2 Å². The van der Waals surface area contributed by atoms with Crippen molar-refractivity contribution in [2.24, 2.45) is 0 Å². The van der Waals surface area contributed by atoms with E-state index in [1.807, 2.05) is 0 Å². The molecular weight excluding hydrogens is 252 g/mol. The van der Waals surface area contributed by atoms with Crippen LogP contribution >= 0.6 is 0 Å². The summed E-state index contributed by atoms with van der Waals surface area (Å²) in [5.41, 5.74) is 0. The Morgan fingerprint density at radius 3 is 2.21 bits per heavy atom. The van der Waals surface area contributed by atoms with Crippen LogP contribution in [0.5, 0.6) is 0 Å². The molecular formula is C12H24N2O5. The largest absolute Gasteiger partial charge is 0.467 e. The molecule has 0 heterocycles. The van der Waals surface area contributed by atoms with Crippen LogP contribution in [-0.2, 0) is 14.3 Å². The summed E-state index contributed by atoms with van der Waals surface area (Å²) in [6.07, 6.45) is 0.670. The van der Waals surface area contributed by atoms with Gasteiger partial charge in [0.05, 0.1) is 20.3 Å². The smallest absolute Gasteiger partial charge is 0.328 e. The van der Waals surface area contributed by atoms with Crippen LogP contribution in [0.3, 0.4) is 0 Å². The Morgan fingerprint density at radius 2 is 1.79 bits per heavy atom. The summed E-state index contributed by atoms with van der Waals surface area (Å²) in [6.45, 7) is 2.96. The minimum absolute atomic E-state index is 0.0264. The lowest BCUT2D eigenvalue weighted by Crippen LogP contribution is -2.42. The van der Waals surface area contributed by atoms with Crippen LogP contribution in [0, 0.1) is 0 Å². The second-order valence-corrected chi connectivity index (χ2v) is 4.09. The number of aliphatic hydroxyl groups is 2. The zero-order valence-corrected chi connectivity index (χ0v) is 11.6. The van der Waals surface area contributed by atoms with Gasteiger partial charge in [0.1, 0.15) is 6.04 Å². The van der Waals surface area contributed by atoms with Crippen molar-refractivity contribution in [2.45, 2.75) is 25.8 Å². The Bertz CT molecular complexity index is 267. The van der Waals surface area contributed by atoms with Gasteiger partial charge in [0.25, 0.3) is 0 Å². The maximum absolute atomic E-state index is 11.7. The number of nitrogens with zero attached hydrogens (tertiary/aromatic N) is 1. The van der Waals surface area contributed by atoms with Crippen LogP contribution < -0.4 is 5.32 Å². The molecule has 0 radical (unpaired) electrons. The first kappa shape index (κ1) is 17.8. The van der Waals surface area contributed by atoms with Gasteiger partial charge in [-0.05, 0) is 6.42 Å². The van der Waals surface area contributed by atoms with Crippen LogP contribution in [-0.4, -0.2) is 73.0 Å². The van der Waals surface area contributed by atoms with E-state index in [0.717, 1.165) is 0 Å². The number of hydrogen-bond acceptors (Lipinski definition) is 6. The summed E-state index contributed by atoms with van der Waals surface area (Å²) < 4.78 is 4.58. The average molecular weight is 276 g/mol. The fraction of sp³-hybridized carbons (Fsp3) is 0.833. The number of esters is 1. The molecule has 112 valence electrons. The van der Waals surface area contributed by atoms with Gasteiger partial charge in [0, 0.05) is 26.1 Å². The normalized spacial score (nSPS) is 12.3. The zero-order valence-electron chi connectivity index (χ0n) is 11.6. The lowest BCUT2D eigenvalue weighted by atomic mass is 10.2. The monoisotopic (exact) mass is 276 g/mol. The standard InChI is InChI=1S/C12H24N2O5/c1-3-10(12(18)19-2)13-11(17)4-5-14(6-8-15)7-9-16/h10,15-16H,3-9H2,1-2H3,(H,13,17)/t10-/m1/s1. The van der Waals surface area contributed by atoms with Gasteiger partial charge in [-0.3, -0.25) is 9.69 Å². The van der Waals surface area contributed by atoms with E-state index in [-0.39, 0.29) is 25.5 Å². The van der Waals surface area contributed by atoms with Gasteiger partial charge in [-0.1, -0.05) is 6.92 Å². The summed E-state index contributed by atoms with van der Waals surface area (Å²) in [5.74, 6) is -0.712. The van der Waals surface area contributed by atoms with Gasteiger partial charge in [-0.15, -0.1) is 0 Å². The molecule has 7 nitrogen and oxygen atoms in total. The maximum atomic E-state index is 11.7. The molecule has 0 aliphatic carbocycles. The Labute approximate surface area is 113 Å². The first-order chi connectivity index (χ1) is 9.08. The van der Waals surface area contributed by atoms with Gasteiger partial charge in [-0.2, -0.15) is 0 Å². The lowest BCUT2D eigenvalue weighted by molar-refractivity contribution is -0.145. The molecule has 0 aromatic rings. The van der Waals surface area contributed by atoms with E-state index in [2.05, 4.69) is 10.1 Å². The molecule has 7 heteroatoms. The number of carbonyl (C=O) groups excluding carboxylic acids is 2. The summed E-state index contributed by atoms with van der Waals surface area (Å²) in [6, 6.07) is -0.623. The Balaban J connectivity index is 4.10. The minimum Gasteiger partial charge on any atom is -0.467 e. The number of carbonyl (C=O) groups is 2. The third kappa shape index (κ3) is 7.76. The highest BCUT2D eigenvalue weighted by molar-refractivity contribution is 5.84. The second kappa shape index (κ2) is 10.7. The molecule has 1 amide bonds. The van der Waals surface area contributed by atoms with Crippen molar-refractivity contribution >= 4 is 11.9 Å². The van der Waals surface area contributed by atoms with Crippen molar-refractivity contribution in [3.63, 3.8) is 0 Å². The first-order valence-corrected chi connectivity index (χ1v) is 6.40. The molecule has 19 heavy (non-hydrogen) atoms. The Kier molecular flexibility index (Phi) is 10.1. The average Bonchev–Trinajstić information content (AvgIpc) is 2.41. The number of methoxy groups -OCH3 is 1. The van der Waals surface area contributed by atoms with Crippen molar-refractivity contribution in [1.82, 2.24) is 10.2 Å². The molecule has 0 saturated carbocycles. The predicted molar refractivity (Wildman–Crippen MR) is 69.5 cm³/mol. The SMILES string of the molecule is CC[C@@H](NC(=O)CCN(CCO)CCO)C(=O)OC. The van der Waals surface area contributed by atoms with Gasteiger partial charge in [0.2, 0.25) is 5.91 Å². The first-order valence-electron chi connectivity index (χ1n) is 6.40. The third-order valence-electron chi connectivity index (χ3n) is 2.72. The molecule has 0 aliphatic rings. The number of amides is 1. The van der Waals surface area contributed by atoms with Crippen LogP contribution in [0.2, 0.25) is 0 Å². The summed E-state index contributed by atoms with van der Waals surface area (Å²) in [5, 5.41) is 20.3. The van der Waals surface area contributed by atoms with Crippen LogP contribution in [0.1, 0.15) is 19.8 Å². The molecule has 0 spiro atoms. The maximum Gasteiger partial charge on any atom is 0.328 e. The minimum atomic E-state index is -0.623. The van der Waals surface area contributed by atoms with Crippen molar-refractivity contribution in [3.05, 3.63) is 0 Å². The topological polar surface area (TPSA) is 99.1 Å². The van der Waals surface area contributed by atoms with Crippen LogP contribution in [0.25, 0.3) is 0 Å². The number of rotatable bonds is 10. The van der Waals surface area contributed by atoms with Crippen LogP contribution in [0.4, 0.5) is 0 Å².